The maximum atomic E-state index is 5.38. The Hall–Kier alpha value is -6.26. The van der Waals surface area contributed by atoms with Crippen molar-refractivity contribution in [3.05, 3.63) is 158 Å². The lowest BCUT2D eigenvalue weighted by Crippen LogP contribution is -2.05. The van der Waals surface area contributed by atoms with Gasteiger partial charge in [0.15, 0.2) is 0 Å². The summed E-state index contributed by atoms with van der Waals surface area (Å²) >= 11 is 0. The van der Waals surface area contributed by atoms with Crippen molar-refractivity contribution in [2.45, 2.75) is 0 Å². The maximum Gasteiger partial charge on any atom is 0.235 e. The van der Waals surface area contributed by atoms with E-state index in [-0.39, 0.29) is 0 Å². The van der Waals surface area contributed by atoms with Gasteiger partial charge in [-0.05, 0) is 46.8 Å². The molecule has 0 atom stereocenters. The highest BCUT2D eigenvalue weighted by molar-refractivity contribution is 6.23. The van der Waals surface area contributed by atoms with Gasteiger partial charge in [-0.2, -0.15) is 0 Å². The summed E-state index contributed by atoms with van der Waals surface area (Å²) in [6, 6.07) is 56.0. The minimum absolute atomic E-state index is 0.644. The van der Waals surface area contributed by atoms with Gasteiger partial charge in [0.2, 0.25) is 5.95 Å². The molecule has 0 radical (unpaired) electrons. The number of hydrogen-bond acceptors (Lipinski definition) is 2. The largest absolute Gasteiger partial charge is 0.306 e. The quantitative estimate of drug-likeness (QED) is 0.206. The van der Waals surface area contributed by atoms with Crippen LogP contribution in [0.5, 0.6) is 0 Å². The summed E-state index contributed by atoms with van der Waals surface area (Å²) in [5.74, 6) is 0.644. The standard InChI is InChI=1S/C42H26N4/c1-3-12-27(13-4-1)30-23-25-36-38(26-30)45-35-20-10-8-17-31(35)32-24-22-28-16-11-21-37(39(28)41(32)45)46(36)42-43-34-19-9-7-18-33(34)40(44-42)29-14-5-2-6-15-29/h1-26H. The van der Waals surface area contributed by atoms with Gasteiger partial charge in [-0.1, -0.05) is 127 Å². The third kappa shape index (κ3) is 3.55. The molecule has 4 heteroatoms. The predicted molar refractivity (Wildman–Crippen MR) is 191 cm³/mol. The Morgan fingerprint density at radius 1 is 0.413 bits per heavy atom. The second-order valence-electron chi connectivity index (χ2n) is 11.8. The normalized spacial score (nSPS) is 11.9. The lowest BCUT2D eigenvalue weighted by atomic mass is 10.0. The molecular weight excluding hydrogens is 560 g/mol. The zero-order chi connectivity index (χ0) is 30.2. The van der Waals surface area contributed by atoms with E-state index >= 15 is 0 Å². The van der Waals surface area contributed by atoms with E-state index in [1.54, 1.807) is 0 Å². The molecule has 0 N–H and O–H groups in total. The number of nitrogens with zero attached hydrogens (tertiary/aromatic N) is 4. The molecule has 7 aromatic carbocycles. The van der Waals surface area contributed by atoms with E-state index in [2.05, 4.69) is 161 Å². The summed E-state index contributed by atoms with van der Waals surface area (Å²) < 4.78 is 4.73. The third-order valence-corrected chi connectivity index (χ3v) is 9.30. The highest BCUT2D eigenvalue weighted by Crippen LogP contribution is 2.40. The van der Waals surface area contributed by atoms with Crippen molar-refractivity contribution in [2.24, 2.45) is 0 Å². The first kappa shape index (κ1) is 25.1. The number of para-hydroxylation sites is 2. The van der Waals surface area contributed by atoms with E-state index in [9.17, 15) is 0 Å². The summed E-state index contributed by atoms with van der Waals surface area (Å²) in [5, 5.41) is 5.88. The van der Waals surface area contributed by atoms with Crippen LogP contribution in [0.15, 0.2) is 158 Å². The number of fused-ring (bicyclic) bond motifs is 6. The fourth-order valence-electron chi connectivity index (χ4n) is 7.27. The van der Waals surface area contributed by atoms with Gasteiger partial charge in [0.1, 0.15) is 0 Å². The first-order valence-electron chi connectivity index (χ1n) is 15.6. The predicted octanol–water partition coefficient (Wildman–Crippen LogP) is 10.6. The van der Waals surface area contributed by atoms with Crippen LogP contribution in [0, 0.1) is 0 Å². The molecule has 10 rings (SSSR count). The van der Waals surface area contributed by atoms with Crippen LogP contribution in [0.25, 0.3) is 88.4 Å². The number of benzene rings is 7. The first-order chi connectivity index (χ1) is 22.8. The van der Waals surface area contributed by atoms with Gasteiger partial charge in [0, 0.05) is 27.1 Å². The Morgan fingerprint density at radius 3 is 1.98 bits per heavy atom. The fraction of sp³-hybridized carbons (Fsp3) is 0. The van der Waals surface area contributed by atoms with E-state index in [1.807, 2.05) is 6.07 Å². The van der Waals surface area contributed by atoms with E-state index < -0.39 is 0 Å². The van der Waals surface area contributed by atoms with Gasteiger partial charge in [0.05, 0.1) is 38.8 Å². The second-order valence-corrected chi connectivity index (χ2v) is 11.8. The van der Waals surface area contributed by atoms with Crippen molar-refractivity contribution in [2.75, 3.05) is 0 Å². The van der Waals surface area contributed by atoms with Crippen molar-refractivity contribution in [1.29, 1.82) is 0 Å². The van der Waals surface area contributed by atoms with Gasteiger partial charge in [-0.3, -0.25) is 4.57 Å². The minimum Gasteiger partial charge on any atom is -0.306 e. The molecule has 0 aliphatic rings. The fourth-order valence-corrected chi connectivity index (χ4v) is 7.27. The topological polar surface area (TPSA) is 35.1 Å². The van der Waals surface area contributed by atoms with Crippen molar-refractivity contribution in [3.63, 3.8) is 0 Å². The van der Waals surface area contributed by atoms with Crippen LogP contribution >= 0.6 is 0 Å². The SMILES string of the molecule is c1ccc(-c2ccc3c(c2)n2c4ccccc4c4ccc5cccc(c5c42)n3-c2nc(-c3ccccc3)c3ccccc3n2)cc1. The molecule has 0 fully saturated rings. The van der Waals surface area contributed by atoms with Crippen molar-refractivity contribution < 1.29 is 0 Å². The Bertz CT molecular complexity index is 2790. The third-order valence-electron chi connectivity index (χ3n) is 9.30. The lowest BCUT2D eigenvalue weighted by Gasteiger charge is -2.14. The average molecular weight is 587 g/mol. The highest BCUT2D eigenvalue weighted by Gasteiger charge is 2.21. The summed E-state index contributed by atoms with van der Waals surface area (Å²) in [7, 11) is 0. The molecule has 0 aliphatic carbocycles. The van der Waals surface area contributed by atoms with Gasteiger partial charge >= 0.3 is 0 Å². The number of aromatic nitrogens is 4. The minimum atomic E-state index is 0.644. The van der Waals surface area contributed by atoms with Crippen LogP contribution in [-0.2, 0) is 0 Å². The van der Waals surface area contributed by atoms with Crippen molar-refractivity contribution in [3.8, 4) is 28.3 Å². The van der Waals surface area contributed by atoms with Crippen LogP contribution in [0.2, 0.25) is 0 Å². The summed E-state index contributed by atoms with van der Waals surface area (Å²) in [4.78, 5) is 10.7. The summed E-state index contributed by atoms with van der Waals surface area (Å²) in [5.41, 5.74) is 10.8. The van der Waals surface area contributed by atoms with E-state index in [0.29, 0.717) is 5.95 Å². The average Bonchev–Trinajstić information content (AvgIpc) is 3.40. The molecule has 10 aromatic rings. The Morgan fingerprint density at radius 2 is 1.13 bits per heavy atom. The molecule has 3 heterocycles. The summed E-state index contributed by atoms with van der Waals surface area (Å²) in [6.07, 6.45) is 0. The molecule has 0 unspecified atom stereocenters. The van der Waals surface area contributed by atoms with Gasteiger partial charge in [-0.25, -0.2) is 9.97 Å². The first-order valence-corrected chi connectivity index (χ1v) is 15.6. The molecule has 3 aromatic heterocycles. The molecular formula is C42H26N4. The van der Waals surface area contributed by atoms with Crippen LogP contribution in [0.1, 0.15) is 0 Å². The molecule has 0 saturated heterocycles. The maximum absolute atomic E-state index is 5.38. The van der Waals surface area contributed by atoms with Crippen molar-refractivity contribution >= 4 is 60.0 Å². The molecule has 4 nitrogen and oxygen atoms in total. The van der Waals surface area contributed by atoms with E-state index in [0.717, 1.165) is 44.3 Å². The summed E-state index contributed by atoms with van der Waals surface area (Å²) in [6.45, 7) is 0. The van der Waals surface area contributed by atoms with Crippen LogP contribution in [0.3, 0.4) is 0 Å². The van der Waals surface area contributed by atoms with E-state index in [4.69, 9.17) is 9.97 Å². The second kappa shape index (κ2) is 9.62. The number of rotatable bonds is 3. The van der Waals surface area contributed by atoms with Gasteiger partial charge < -0.3 is 4.40 Å². The van der Waals surface area contributed by atoms with Gasteiger partial charge in [-0.15, -0.1) is 0 Å². The Labute approximate surface area is 264 Å². The van der Waals surface area contributed by atoms with Gasteiger partial charge in [0.25, 0.3) is 0 Å². The lowest BCUT2D eigenvalue weighted by molar-refractivity contribution is 1.01. The van der Waals surface area contributed by atoms with Crippen LogP contribution in [-0.4, -0.2) is 18.9 Å². The number of hydrogen-bond donors (Lipinski definition) is 0. The molecule has 0 bridgehead atoms. The zero-order valence-corrected chi connectivity index (χ0v) is 24.8. The molecule has 0 spiro atoms. The molecule has 0 amide bonds. The van der Waals surface area contributed by atoms with E-state index in [1.165, 1.54) is 38.1 Å². The molecule has 0 saturated carbocycles. The highest BCUT2D eigenvalue weighted by atomic mass is 15.2. The molecule has 46 heavy (non-hydrogen) atoms. The Kier molecular flexibility index (Phi) is 5.25. The molecule has 214 valence electrons. The van der Waals surface area contributed by atoms with Crippen molar-refractivity contribution in [1.82, 2.24) is 18.9 Å². The molecule has 0 aliphatic heterocycles. The van der Waals surface area contributed by atoms with Crippen LogP contribution < -0.4 is 0 Å². The smallest absolute Gasteiger partial charge is 0.235 e. The monoisotopic (exact) mass is 586 g/mol. The Balaban J connectivity index is 1.46. The zero-order valence-electron chi connectivity index (χ0n) is 24.8. The van der Waals surface area contributed by atoms with Crippen LogP contribution in [0.4, 0.5) is 0 Å².